The molecular formula is C11H19N3. The topological polar surface area (TPSA) is 42.2 Å². The van der Waals surface area contributed by atoms with E-state index in [-0.39, 0.29) is 0 Å². The predicted molar refractivity (Wildman–Crippen MR) is 60.6 cm³/mol. The molecule has 1 aromatic heterocycles. The van der Waals surface area contributed by atoms with Gasteiger partial charge in [0.05, 0.1) is 0 Å². The molecule has 14 heavy (non-hydrogen) atoms. The van der Waals surface area contributed by atoms with Crippen LogP contribution < -0.4 is 10.6 Å². The fourth-order valence-corrected chi connectivity index (χ4v) is 1.59. The van der Waals surface area contributed by atoms with Crippen LogP contribution in [0.2, 0.25) is 0 Å². The Morgan fingerprint density at radius 2 is 2.07 bits per heavy atom. The van der Waals surface area contributed by atoms with E-state index < -0.39 is 0 Å². The van der Waals surface area contributed by atoms with Crippen molar-refractivity contribution in [2.45, 2.75) is 20.3 Å². The summed E-state index contributed by atoms with van der Waals surface area (Å²) in [6, 6.07) is 4.07. The lowest BCUT2D eigenvalue weighted by Crippen LogP contribution is -2.24. The zero-order chi connectivity index (χ0) is 10.4. The van der Waals surface area contributed by atoms with E-state index in [2.05, 4.69) is 29.8 Å². The van der Waals surface area contributed by atoms with Crippen molar-refractivity contribution < 1.29 is 0 Å². The molecule has 0 atom stereocenters. The summed E-state index contributed by atoms with van der Waals surface area (Å²) in [5.74, 6) is 1.09. The molecule has 0 spiro atoms. The van der Waals surface area contributed by atoms with Gasteiger partial charge < -0.3 is 10.6 Å². The van der Waals surface area contributed by atoms with E-state index in [1.807, 2.05) is 12.3 Å². The monoisotopic (exact) mass is 193 g/mol. The summed E-state index contributed by atoms with van der Waals surface area (Å²) in [6.45, 7) is 6.95. The molecule has 78 valence electrons. The number of rotatable bonds is 5. The largest absolute Gasteiger partial charge is 0.357 e. The van der Waals surface area contributed by atoms with Crippen molar-refractivity contribution in [3.8, 4) is 0 Å². The summed E-state index contributed by atoms with van der Waals surface area (Å²) < 4.78 is 0. The zero-order valence-electron chi connectivity index (χ0n) is 9.03. The Hall–Kier alpha value is -1.09. The summed E-state index contributed by atoms with van der Waals surface area (Å²) in [6.07, 6.45) is 2.74. The maximum Gasteiger partial charge on any atom is 0.131 e. The molecule has 0 aromatic carbocycles. The van der Waals surface area contributed by atoms with Crippen molar-refractivity contribution >= 4 is 5.82 Å². The number of nitrogens with zero attached hydrogens (tertiary/aromatic N) is 2. The van der Waals surface area contributed by atoms with E-state index in [9.17, 15) is 0 Å². The average Bonchev–Trinajstić information content (AvgIpc) is 2.23. The summed E-state index contributed by atoms with van der Waals surface area (Å²) >= 11 is 0. The second kappa shape index (κ2) is 5.60. The highest BCUT2D eigenvalue weighted by Gasteiger charge is 2.07. The van der Waals surface area contributed by atoms with E-state index >= 15 is 0 Å². The minimum atomic E-state index is 0.681. The first-order chi connectivity index (χ1) is 6.83. The van der Waals surface area contributed by atoms with Gasteiger partial charge in [-0.15, -0.1) is 0 Å². The Bertz CT molecular complexity index is 269. The SMILES string of the molecule is CCN(CC)c1ncccc1CCN. The van der Waals surface area contributed by atoms with Gasteiger partial charge in [0.25, 0.3) is 0 Å². The summed E-state index contributed by atoms with van der Waals surface area (Å²) in [7, 11) is 0. The van der Waals surface area contributed by atoms with Crippen LogP contribution in [-0.2, 0) is 6.42 Å². The highest BCUT2D eigenvalue weighted by atomic mass is 15.2. The fourth-order valence-electron chi connectivity index (χ4n) is 1.59. The summed E-state index contributed by atoms with van der Waals surface area (Å²) in [4.78, 5) is 6.66. The number of hydrogen-bond acceptors (Lipinski definition) is 3. The first-order valence-corrected chi connectivity index (χ1v) is 5.22. The van der Waals surface area contributed by atoms with E-state index in [0.29, 0.717) is 6.54 Å². The number of aromatic nitrogens is 1. The Kier molecular flexibility index (Phi) is 4.40. The highest BCUT2D eigenvalue weighted by Crippen LogP contribution is 2.16. The maximum atomic E-state index is 5.57. The number of nitrogens with two attached hydrogens (primary N) is 1. The highest BCUT2D eigenvalue weighted by molar-refractivity contribution is 5.46. The fraction of sp³-hybridized carbons (Fsp3) is 0.545. The Balaban J connectivity index is 2.92. The minimum absolute atomic E-state index is 0.681. The van der Waals surface area contributed by atoms with E-state index in [0.717, 1.165) is 25.3 Å². The molecule has 0 aliphatic heterocycles. The quantitative estimate of drug-likeness (QED) is 0.769. The van der Waals surface area contributed by atoms with Crippen molar-refractivity contribution in [1.82, 2.24) is 4.98 Å². The maximum absolute atomic E-state index is 5.57. The Labute approximate surface area is 85.9 Å². The van der Waals surface area contributed by atoms with Gasteiger partial charge in [0.1, 0.15) is 5.82 Å². The van der Waals surface area contributed by atoms with Crippen LogP contribution in [0, 0.1) is 0 Å². The first-order valence-electron chi connectivity index (χ1n) is 5.22. The third-order valence-corrected chi connectivity index (χ3v) is 2.34. The third kappa shape index (κ3) is 2.45. The number of pyridine rings is 1. The minimum Gasteiger partial charge on any atom is -0.357 e. The van der Waals surface area contributed by atoms with E-state index in [1.165, 1.54) is 5.56 Å². The molecule has 3 heteroatoms. The lowest BCUT2D eigenvalue weighted by atomic mass is 10.2. The van der Waals surface area contributed by atoms with Gasteiger partial charge in [0.15, 0.2) is 0 Å². The van der Waals surface area contributed by atoms with Crippen LogP contribution in [0.4, 0.5) is 5.82 Å². The van der Waals surface area contributed by atoms with Gasteiger partial charge in [-0.2, -0.15) is 0 Å². The molecule has 1 rings (SSSR count). The van der Waals surface area contributed by atoms with Crippen LogP contribution >= 0.6 is 0 Å². The van der Waals surface area contributed by atoms with Gasteiger partial charge in [0, 0.05) is 19.3 Å². The van der Waals surface area contributed by atoms with Gasteiger partial charge in [-0.05, 0) is 38.4 Å². The molecule has 0 aliphatic rings. The number of hydrogen-bond donors (Lipinski definition) is 1. The van der Waals surface area contributed by atoms with Crippen molar-refractivity contribution in [1.29, 1.82) is 0 Å². The van der Waals surface area contributed by atoms with Crippen molar-refractivity contribution in [3.05, 3.63) is 23.9 Å². The van der Waals surface area contributed by atoms with Gasteiger partial charge in [-0.3, -0.25) is 0 Å². The molecule has 1 heterocycles. The molecule has 0 saturated carbocycles. The number of anilines is 1. The average molecular weight is 193 g/mol. The molecule has 3 nitrogen and oxygen atoms in total. The smallest absolute Gasteiger partial charge is 0.131 e. The second-order valence-electron chi connectivity index (χ2n) is 3.20. The molecule has 0 amide bonds. The molecule has 0 radical (unpaired) electrons. The molecule has 0 fully saturated rings. The van der Waals surface area contributed by atoms with Crippen LogP contribution in [0.3, 0.4) is 0 Å². The van der Waals surface area contributed by atoms with Crippen LogP contribution in [0.5, 0.6) is 0 Å². The zero-order valence-corrected chi connectivity index (χ0v) is 9.03. The standard InChI is InChI=1S/C11H19N3/c1-3-14(4-2)11-10(7-8-12)6-5-9-13-11/h5-6,9H,3-4,7-8,12H2,1-2H3. The lowest BCUT2D eigenvalue weighted by molar-refractivity contribution is 0.826. The normalized spacial score (nSPS) is 10.2. The predicted octanol–water partition coefficient (Wildman–Crippen LogP) is 1.43. The van der Waals surface area contributed by atoms with Gasteiger partial charge in [-0.25, -0.2) is 4.98 Å². The Morgan fingerprint density at radius 3 is 2.64 bits per heavy atom. The second-order valence-corrected chi connectivity index (χ2v) is 3.20. The summed E-state index contributed by atoms with van der Waals surface area (Å²) in [5.41, 5.74) is 6.81. The Morgan fingerprint density at radius 1 is 1.36 bits per heavy atom. The molecule has 0 saturated heterocycles. The van der Waals surface area contributed by atoms with Gasteiger partial charge in [-0.1, -0.05) is 6.07 Å². The van der Waals surface area contributed by atoms with E-state index in [1.54, 1.807) is 0 Å². The van der Waals surface area contributed by atoms with Gasteiger partial charge >= 0.3 is 0 Å². The van der Waals surface area contributed by atoms with Crippen molar-refractivity contribution in [2.75, 3.05) is 24.5 Å². The first kappa shape index (κ1) is 11.0. The molecule has 2 N–H and O–H groups in total. The van der Waals surface area contributed by atoms with E-state index in [4.69, 9.17) is 5.73 Å². The van der Waals surface area contributed by atoms with Crippen LogP contribution in [0.1, 0.15) is 19.4 Å². The molecule has 1 aromatic rings. The van der Waals surface area contributed by atoms with Gasteiger partial charge in [0.2, 0.25) is 0 Å². The third-order valence-electron chi connectivity index (χ3n) is 2.34. The molecule has 0 aliphatic carbocycles. The van der Waals surface area contributed by atoms with Crippen molar-refractivity contribution in [3.63, 3.8) is 0 Å². The van der Waals surface area contributed by atoms with Crippen molar-refractivity contribution in [2.24, 2.45) is 5.73 Å². The van der Waals surface area contributed by atoms with Crippen LogP contribution in [0.15, 0.2) is 18.3 Å². The van der Waals surface area contributed by atoms with Crippen LogP contribution in [0.25, 0.3) is 0 Å². The molecule has 0 bridgehead atoms. The lowest BCUT2D eigenvalue weighted by Gasteiger charge is -2.22. The molecular weight excluding hydrogens is 174 g/mol. The summed E-state index contributed by atoms with van der Waals surface area (Å²) in [5, 5.41) is 0. The molecule has 0 unspecified atom stereocenters. The van der Waals surface area contributed by atoms with Crippen LogP contribution in [-0.4, -0.2) is 24.6 Å².